The zero-order valence-electron chi connectivity index (χ0n) is 12.3. The number of nitrogens with zero attached hydrogens (tertiary/aromatic N) is 1. The van der Waals surface area contributed by atoms with Crippen LogP contribution >= 0.6 is 23.4 Å². The van der Waals surface area contributed by atoms with E-state index >= 15 is 0 Å². The second kappa shape index (κ2) is 9.08. The topological polar surface area (TPSA) is 24.9 Å². The van der Waals surface area contributed by atoms with Crippen LogP contribution in [0.3, 0.4) is 0 Å². The summed E-state index contributed by atoms with van der Waals surface area (Å²) >= 11 is 8.04. The van der Waals surface area contributed by atoms with E-state index in [4.69, 9.17) is 11.6 Å². The predicted molar refractivity (Wildman–Crippen MR) is 92.2 cm³/mol. The van der Waals surface area contributed by atoms with Crippen molar-refractivity contribution in [3.05, 3.63) is 59.4 Å². The van der Waals surface area contributed by atoms with Gasteiger partial charge in [-0.15, -0.1) is 11.8 Å². The van der Waals surface area contributed by atoms with Gasteiger partial charge in [-0.2, -0.15) is 0 Å². The third-order valence-electron chi connectivity index (χ3n) is 3.19. The summed E-state index contributed by atoms with van der Waals surface area (Å²) in [5.41, 5.74) is 1.32. The van der Waals surface area contributed by atoms with E-state index in [1.54, 1.807) is 0 Å². The summed E-state index contributed by atoms with van der Waals surface area (Å²) in [6.07, 6.45) is 5.87. The van der Waals surface area contributed by atoms with Crippen molar-refractivity contribution in [3.8, 4) is 0 Å². The van der Waals surface area contributed by atoms with Crippen molar-refractivity contribution in [1.29, 1.82) is 0 Å². The lowest BCUT2D eigenvalue weighted by molar-refractivity contribution is 0.550. The highest BCUT2D eigenvalue weighted by Gasteiger charge is 2.10. The summed E-state index contributed by atoms with van der Waals surface area (Å²) in [5, 5.41) is 4.46. The van der Waals surface area contributed by atoms with Gasteiger partial charge in [-0.05, 0) is 49.2 Å². The molecule has 0 fully saturated rings. The molecule has 0 saturated carbocycles. The van der Waals surface area contributed by atoms with E-state index in [-0.39, 0.29) is 0 Å². The number of benzene rings is 1. The van der Waals surface area contributed by atoms with Gasteiger partial charge < -0.3 is 5.32 Å². The van der Waals surface area contributed by atoms with Crippen LogP contribution in [0, 0.1) is 0 Å². The second-order valence-corrected chi connectivity index (χ2v) is 6.42. The van der Waals surface area contributed by atoms with Crippen LogP contribution < -0.4 is 5.32 Å². The van der Waals surface area contributed by atoms with Crippen LogP contribution in [0.4, 0.5) is 0 Å². The largest absolute Gasteiger partial charge is 0.313 e. The fourth-order valence-corrected chi connectivity index (χ4v) is 3.39. The number of pyridine rings is 1. The van der Waals surface area contributed by atoms with E-state index in [0.717, 1.165) is 35.1 Å². The van der Waals surface area contributed by atoms with E-state index in [0.29, 0.717) is 6.04 Å². The van der Waals surface area contributed by atoms with E-state index in [9.17, 15) is 0 Å². The molecule has 1 aromatic heterocycles. The molecule has 2 rings (SSSR count). The predicted octanol–water partition coefficient (Wildman–Crippen LogP) is 4.44. The van der Waals surface area contributed by atoms with Crippen molar-refractivity contribution < 1.29 is 0 Å². The van der Waals surface area contributed by atoms with E-state index < -0.39 is 0 Å². The van der Waals surface area contributed by atoms with Gasteiger partial charge in [0.2, 0.25) is 0 Å². The van der Waals surface area contributed by atoms with E-state index in [2.05, 4.69) is 35.4 Å². The Labute approximate surface area is 136 Å². The first kappa shape index (κ1) is 16.3. The third-order valence-corrected chi connectivity index (χ3v) is 4.87. The Morgan fingerprint density at radius 3 is 2.67 bits per heavy atom. The standard InChI is InChI=1S/C17H21ClN2S/c1-2-9-20-15(12-14-7-10-19-11-8-14)13-21-17-6-4-3-5-16(17)18/h3-8,10-11,15,20H,2,9,12-13H2,1H3. The summed E-state index contributed by atoms with van der Waals surface area (Å²) in [5.74, 6) is 1.01. The quantitative estimate of drug-likeness (QED) is 0.728. The van der Waals surface area contributed by atoms with E-state index in [1.807, 2.05) is 42.4 Å². The smallest absolute Gasteiger partial charge is 0.0541 e. The summed E-state index contributed by atoms with van der Waals surface area (Å²) in [6, 6.07) is 12.6. The minimum atomic E-state index is 0.439. The molecule has 0 amide bonds. The van der Waals surface area contributed by atoms with Gasteiger partial charge in [0.1, 0.15) is 0 Å². The summed E-state index contributed by atoms with van der Waals surface area (Å²) in [4.78, 5) is 5.23. The number of thioether (sulfide) groups is 1. The van der Waals surface area contributed by atoms with Gasteiger partial charge in [0.15, 0.2) is 0 Å². The van der Waals surface area contributed by atoms with Gasteiger partial charge in [-0.3, -0.25) is 4.98 Å². The van der Waals surface area contributed by atoms with E-state index in [1.165, 1.54) is 5.56 Å². The summed E-state index contributed by atoms with van der Waals surface area (Å²) < 4.78 is 0. The molecule has 0 bridgehead atoms. The van der Waals surface area contributed by atoms with Crippen LogP contribution in [-0.2, 0) is 6.42 Å². The van der Waals surface area contributed by atoms with Crippen LogP contribution in [0.5, 0.6) is 0 Å². The minimum Gasteiger partial charge on any atom is -0.313 e. The first-order valence-corrected chi connectivity index (χ1v) is 8.65. The molecule has 0 spiro atoms. The zero-order valence-corrected chi connectivity index (χ0v) is 13.8. The Kier molecular flexibility index (Phi) is 7.07. The molecule has 1 atom stereocenters. The molecule has 21 heavy (non-hydrogen) atoms. The first-order chi connectivity index (χ1) is 10.3. The SMILES string of the molecule is CCCNC(CSc1ccccc1Cl)Cc1ccncc1. The average Bonchev–Trinajstić information content (AvgIpc) is 2.52. The number of nitrogens with one attached hydrogen (secondary N) is 1. The maximum Gasteiger partial charge on any atom is 0.0541 e. The fraction of sp³-hybridized carbons (Fsp3) is 0.353. The van der Waals surface area contributed by atoms with Gasteiger partial charge in [-0.1, -0.05) is 30.7 Å². The highest BCUT2D eigenvalue weighted by Crippen LogP contribution is 2.27. The molecule has 0 saturated heterocycles. The number of rotatable bonds is 8. The Balaban J connectivity index is 1.94. The van der Waals surface area contributed by atoms with Gasteiger partial charge >= 0.3 is 0 Å². The minimum absolute atomic E-state index is 0.439. The van der Waals surface area contributed by atoms with Crippen LogP contribution in [0.2, 0.25) is 5.02 Å². The molecule has 0 aliphatic rings. The number of aromatic nitrogens is 1. The van der Waals surface area contributed by atoms with Crippen molar-refractivity contribution in [2.24, 2.45) is 0 Å². The van der Waals surface area contributed by atoms with Gasteiger partial charge in [0, 0.05) is 29.1 Å². The van der Waals surface area contributed by atoms with Crippen LogP contribution in [0.25, 0.3) is 0 Å². The monoisotopic (exact) mass is 320 g/mol. The molecule has 1 heterocycles. The zero-order chi connectivity index (χ0) is 14.9. The highest BCUT2D eigenvalue weighted by atomic mass is 35.5. The highest BCUT2D eigenvalue weighted by molar-refractivity contribution is 7.99. The van der Waals surface area contributed by atoms with Crippen molar-refractivity contribution in [2.45, 2.75) is 30.7 Å². The van der Waals surface area contributed by atoms with Crippen molar-refractivity contribution in [3.63, 3.8) is 0 Å². The summed E-state index contributed by atoms with van der Waals surface area (Å²) in [7, 11) is 0. The second-order valence-electron chi connectivity index (χ2n) is 4.95. The molecule has 1 aromatic carbocycles. The maximum atomic E-state index is 6.22. The Bertz CT molecular complexity index is 533. The van der Waals surface area contributed by atoms with Gasteiger partial charge in [-0.25, -0.2) is 0 Å². The van der Waals surface area contributed by atoms with Crippen LogP contribution in [-0.4, -0.2) is 23.3 Å². The first-order valence-electron chi connectivity index (χ1n) is 7.29. The molecule has 0 radical (unpaired) electrons. The molecular weight excluding hydrogens is 300 g/mol. The van der Waals surface area contributed by atoms with Crippen molar-refractivity contribution in [1.82, 2.24) is 10.3 Å². The average molecular weight is 321 g/mol. The molecular formula is C17H21ClN2S. The lowest BCUT2D eigenvalue weighted by Crippen LogP contribution is -2.34. The lowest BCUT2D eigenvalue weighted by Gasteiger charge is -2.18. The fourth-order valence-electron chi connectivity index (χ4n) is 2.09. The molecule has 2 nitrogen and oxygen atoms in total. The van der Waals surface area contributed by atoms with Gasteiger partial charge in [0.05, 0.1) is 5.02 Å². The van der Waals surface area contributed by atoms with Crippen molar-refractivity contribution in [2.75, 3.05) is 12.3 Å². The Morgan fingerprint density at radius 1 is 1.19 bits per heavy atom. The molecule has 1 unspecified atom stereocenters. The molecule has 0 aliphatic heterocycles. The molecule has 4 heteroatoms. The molecule has 1 N–H and O–H groups in total. The normalized spacial score (nSPS) is 12.3. The van der Waals surface area contributed by atoms with Crippen molar-refractivity contribution >= 4 is 23.4 Å². The summed E-state index contributed by atoms with van der Waals surface area (Å²) in [6.45, 7) is 3.23. The lowest BCUT2D eigenvalue weighted by atomic mass is 10.1. The molecule has 2 aromatic rings. The maximum absolute atomic E-state index is 6.22. The molecule has 0 aliphatic carbocycles. The molecule has 112 valence electrons. The number of hydrogen-bond acceptors (Lipinski definition) is 3. The Hall–Kier alpha value is -1.03. The Morgan fingerprint density at radius 2 is 1.95 bits per heavy atom. The van der Waals surface area contributed by atoms with Crippen LogP contribution in [0.1, 0.15) is 18.9 Å². The number of hydrogen-bond donors (Lipinski definition) is 1. The number of halogens is 1. The van der Waals surface area contributed by atoms with Crippen LogP contribution in [0.15, 0.2) is 53.7 Å². The third kappa shape index (κ3) is 5.70. The van der Waals surface area contributed by atoms with Gasteiger partial charge in [0.25, 0.3) is 0 Å².